The summed E-state index contributed by atoms with van der Waals surface area (Å²) >= 11 is 6.13. The Morgan fingerprint density at radius 1 is 1.05 bits per heavy atom. The maximum absolute atomic E-state index is 6.13. The van der Waals surface area contributed by atoms with Gasteiger partial charge in [0, 0.05) is 23.8 Å². The fourth-order valence-electron chi connectivity index (χ4n) is 1.79. The number of halogens is 1. The van der Waals surface area contributed by atoms with E-state index in [4.69, 9.17) is 16.3 Å². The molecular weight excluding hydrogens is 262 g/mol. The molecule has 0 aliphatic heterocycles. The van der Waals surface area contributed by atoms with Gasteiger partial charge in [0.15, 0.2) is 0 Å². The predicted molar refractivity (Wildman–Crippen MR) is 77.3 cm³/mol. The Hall–Kier alpha value is -1.81. The lowest BCUT2D eigenvalue weighted by atomic mass is 10.1. The van der Waals surface area contributed by atoms with Crippen molar-refractivity contribution in [3.8, 4) is 11.6 Å². The summed E-state index contributed by atoms with van der Waals surface area (Å²) in [6.07, 6.45) is 0. The Labute approximate surface area is 117 Å². The van der Waals surface area contributed by atoms with E-state index in [0.717, 1.165) is 27.6 Å². The standard InChI is InChI=1S/C14H16ClN3O/c1-8-5-11(6-9(2)13(8)15)19-12-7-10(3)17-14(16-4)18-12/h5-7H,1-4H3,(H,16,17,18). The number of hydrogen-bond donors (Lipinski definition) is 1. The summed E-state index contributed by atoms with van der Waals surface area (Å²) in [6, 6.07) is 5.58. The van der Waals surface area contributed by atoms with Crippen molar-refractivity contribution in [2.45, 2.75) is 20.8 Å². The van der Waals surface area contributed by atoms with E-state index in [9.17, 15) is 0 Å². The molecule has 100 valence electrons. The molecule has 0 unspecified atom stereocenters. The van der Waals surface area contributed by atoms with Crippen LogP contribution in [-0.4, -0.2) is 17.0 Å². The molecule has 1 N–H and O–H groups in total. The van der Waals surface area contributed by atoms with E-state index in [1.165, 1.54) is 0 Å². The molecular formula is C14H16ClN3O. The van der Waals surface area contributed by atoms with Crippen LogP contribution < -0.4 is 10.1 Å². The van der Waals surface area contributed by atoms with Crippen molar-refractivity contribution in [1.29, 1.82) is 0 Å². The molecule has 4 nitrogen and oxygen atoms in total. The van der Waals surface area contributed by atoms with Crippen molar-refractivity contribution in [2.75, 3.05) is 12.4 Å². The van der Waals surface area contributed by atoms with Gasteiger partial charge in [0.2, 0.25) is 11.8 Å². The van der Waals surface area contributed by atoms with Gasteiger partial charge in [-0.1, -0.05) is 11.6 Å². The second-order valence-corrected chi connectivity index (χ2v) is 4.77. The number of nitrogens with one attached hydrogen (secondary N) is 1. The van der Waals surface area contributed by atoms with Crippen molar-refractivity contribution >= 4 is 17.5 Å². The van der Waals surface area contributed by atoms with Gasteiger partial charge in [-0.2, -0.15) is 4.98 Å². The Morgan fingerprint density at radius 2 is 1.68 bits per heavy atom. The van der Waals surface area contributed by atoms with Crippen LogP contribution in [-0.2, 0) is 0 Å². The van der Waals surface area contributed by atoms with Gasteiger partial charge < -0.3 is 10.1 Å². The molecule has 2 aromatic rings. The van der Waals surface area contributed by atoms with Gasteiger partial charge in [-0.3, -0.25) is 0 Å². The Balaban J connectivity index is 2.33. The van der Waals surface area contributed by atoms with E-state index in [0.29, 0.717) is 11.8 Å². The monoisotopic (exact) mass is 277 g/mol. The van der Waals surface area contributed by atoms with E-state index in [1.54, 1.807) is 13.1 Å². The van der Waals surface area contributed by atoms with Crippen LogP contribution >= 0.6 is 11.6 Å². The molecule has 0 amide bonds. The SMILES string of the molecule is CNc1nc(C)cc(Oc2cc(C)c(Cl)c(C)c2)n1. The zero-order valence-corrected chi connectivity index (χ0v) is 12.2. The third kappa shape index (κ3) is 3.15. The summed E-state index contributed by atoms with van der Waals surface area (Å²) in [5.41, 5.74) is 2.81. The first-order valence-corrected chi connectivity index (χ1v) is 6.35. The molecule has 0 bridgehead atoms. The van der Waals surface area contributed by atoms with Crippen LogP contribution in [0.25, 0.3) is 0 Å². The summed E-state index contributed by atoms with van der Waals surface area (Å²) < 4.78 is 5.77. The topological polar surface area (TPSA) is 47.0 Å². The Morgan fingerprint density at radius 3 is 2.26 bits per heavy atom. The van der Waals surface area contributed by atoms with E-state index in [1.807, 2.05) is 32.9 Å². The smallest absolute Gasteiger partial charge is 0.225 e. The lowest BCUT2D eigenvalue weighted by Crippen LogP contribution is -2.00. The average molecular weight is 278 g/mol. The van der Waals surface area contributed by atoms with E-state index in [2.05, 4.69) is 15.3 Å². The molecule has 0 spiro atoms. The number of nitrogens with zero attached hydrogens (tertiary/aromatic N) is 2. The highest BCUT2D eigenvalue weighted by atomic mass is 35.5. The summed E-state index contributed by atoms with van der Waals surface area (Å²) in [7, 11) is 1.77. The maximum Gasteiger partial charge on any atom is 0.225 e. The summed E-state index contributed by atoms with van der Waals surface area (Å²) in [5, 5.41) is 3.67. The zero-order chi connectivity index (χ0) is 14.0. The van der Waals surface area contributed by atoms with Crippen molar-refractivity contribution in [3.63, 3.8) is 0 Å². The van der Waals surface area contributed by atoms with Crippen molar-refractivity contribution in [3.05, 3.63) is 40.0 Å². The molecule has 0 radical (unpaired) electrons. The first-order chi connectivity index (χ1) is 8.99. The zero-order valence-electron chi connectivity index (χ0n) is 11.4. The second kappa shape index (κ2) is 5.45. The summed E-state index contributed by atoms with van der Waals surface area (Å²) in [5.74, 6) is 1.77. The summed E-state index contributed by atoms with van der Waals surface area (Å²) in [6.45, 7) is 5.80. The molecule has 1 aromatic heterocycles. The van der Waals surface area contributed by atoms with Crippen LogP contribution in [0.5, 0.6) is 11.6 Å². The van der Waals surface area contributed by atoms with Gasteiger partial charge in [0.1, 0.15) is 5.75 Å². The third-order valence-corrected chi connectivity index (χ3v) is 3.28. The minimum atomic E-state index is 0.512. The maximum atomic E-state index is 6.13. The molecule has 0 fully saturated rings. The number of anilines is 1. The molecule has 2 rings (SSSR count). The number of aromatic nitrogens is 2. The first-order valence-electron chi connectivity index (χ1n) is 5.97. The average Bonchev–Trinajstić information content (AvgIpc) is 2.35. The molecule has 1 heterocycles. The van der Waals surface area contributed by atoms with Gasteiger partial charge in [0.25, 0.3) is 0 Å². The third-order valence-electron chi connectivity index (χ3n) is 2.69. The predicted octanol–water partition coefficient (Wildman–Crippen LogP) is 3.89. The van der Waals surface area contributed by atoms with Gasteiger partial charge in [0.05, 0.1) is 0 Å². The Kier molecular flexibility index (Phi) is 3.90. The number of ether oxygens (including phenoxy) is 1. The van der Waals surface area contributed by atoms with Crippen LogP contribution in [0.15, 0.2) is 18.2 Å². The fourth-order valence-corrected chi connectivity index (χ4v) is 1.90. The van der Waals surface area contributed by atoms with Crippen LogP contribution in [0.2, 0.25) is 5.02 Å². The highest BCUT2D eigenvalue weighted by Gasteiger charge is 2.07. The molecule has 0 aliphatic carbocycles. The fraction of sp³-hybridized carbons (Fsp3) is 0.286. The van der Waals surface area contributed by atoms with Crippen molar-refractivity contribution in [2.24, 2.45) is 0 Å². The molecule has 5 heteroatoms. The van der Waals surface area contributed by atoms with Crippen LogP contribution in [0, 0.1) is 20.8 Å². The van der Waals surface area contributed by atoms with Crippen molar-refractivity contribution in [1.82, 2.24) is 9.97 Å². The number of hydrogen-bond acceptors (Lipinski definition) is 4. The van der Waals surface area contributed by atoms with Gasteiger partial charge in [-0.25, -0.2) is 4.98 Å². The molecule has 0 saturated heterocycles. The molecule has 0 saturated carbocycles. The van der Waals surface area contributed by atoms with E-state index in [-0.39, 0.29) is 0 Å². The van der Waals surface area contributed by atoms with E-state index >= 15 is 0 Å². The quantitative estimate of drug-likeness (QED) is 0.925. The van der Waals surface area contributed by atoms with Crippen molar-refractivity contribution < 1.29 is 4.74 Å². The Bertz CT molecular complexity index is 591. The van der Waals surface area contributed by atoms with Crippen LogP contribution in [0.4, 0.5) is 5.95 Å². The highest BCUT2D eigenvalue weighted by Crippen LogP contribution is 2.28. The van der Waals surface area contributed by atoms with Crippen LogP contribution in [0.3, 0.4) is 0 Å². The largest absolute Gasteiger partial charge is 0.439 e. The summed E-state index contributed by atoms with van der Waals surface area (Å²) in [4.78, 5) is 8.47. The molecule has 0 aliphatic rings. The van der Waals surface area contributed by atoms with E-state index < -0.39 is 0 Å². The molecule has 1 aromatic carbocycles. The number of benzene rings is 1. The van der Waals surface area contributed by atoms with Crippen LogP contribution in [0.1, 0.15) is 16.8 Å². The number of rotatable bonds is 3. The van der Waals surface area contributed by atoms with Gasteiger partial charge in [-0.15, -0.1) is 0 Å². The van der Waals surface area contributed by atoms with Gasteiger partial charge >= 0.3 is 0 Å². The minimum Gasteiger partial charge on any atom is -0.439 e. The molecule has 19 heavy (non-hydrogen) atoms. The minimum absolute atomic E-state index is 0.512. The lowest BCUT2D eigenvalue weighted by Gasteiger charge is -2.10. The highest BCUT2D eigenvalue weighted by molar-refractivity contribution is 6.32. The normalized spacial score (nSPS) is 10.4. The molecule has 0 atom stereocenters. The second-order valence-electron chi connectivity index (χ2n) is 4.39. The first kappa shape index (κ1) is 13.6. The number of aryl methyl sites for hydroxylation is 3. The van der Waals surface area contributed by atoms with Gasteiger partial charge in [-0.05, 0) is 44.0 Å². The lowest BCUT2D eigenvalue weighted by molar-refractivity contribution is 0.461.